The highest BCUT2D eigenvalue weighted by atomic mass is 32.1. The number of benzene rings is 2. The highest BCUT2D eigenvalue weighted by Crippen LogP contribution is 2.31. The summed E-state index contributed by atoms with van der Waals surface area (Å²) in [5, 5.41) is 0. The first-order valence-corrected chi connectivity index (χ1v) is 11.4. The van der Waals surface area contributed by atoms with Gasteiger partial charge < -0.3 is 14.2 Å². The molecule has 34 heavy (non-hydrogen) atoms. The van der Waals surface area contributed by atoms with Gasteiger partial charge in [-0.25, -0.2) is 14.2 Å². The number of carbonyl (C=O) groups is 1. The van der Waals surface area contributed by atoms with Crippen molar-refractivity contribution < 1.29 is 23.4 Å². The molecule has 1 aliphatic rings. The zero-order valence-electron chi connectivity index (χ0n) is 19.1. The third-order valence-electron chi connectivity index (χ3n) is 5.41. The predicted octanol–water partition coefficient (Wildman–Crippen LogP) is 2.95. The van der Waals surface area contributed by atoms with Crippen LogP contribution in [0.2, 0.25) is 0 Å². The van der Waals surface area contributed by atoms with Gasteiger partial charge in [-0.2, -0.15) is 0 Å². The Kier molecular flexibility index (Phi) is 6.65. The van der Waals surface area contributed by atoms with E-state index in [0.29, 0.717) is 32.1 Å². The first-order valence-electron chi connectivity index (χ1n) is 10.5. The van der Waals surface area contributed by atoms with Gasteiger partial charge in [-0.1, -0.05) is 29.5 Å². The third kappa shape index (κ3) is 4.26. The van der Waals surface area contributed by atoms with Crippen molar-refractivity contribution in [2.75, 3.05) is 20.8 Å². The van der Waals surface area contributed by atoms with Crippen LogP contribution in [0.4, 0.5) is 4.39 Å². The fourth-order valence-electron chi connectivity index (χ4n) is 3.85. The molecule has 0 radical (unpaired) electrons. The van der Waals surface area contributed by atoms with Crippen molar-refractivity contribution >= 4 is 23.4 Å². The summed E-state index contributed by atoms with van der Waals surface area (Å²) < 4.78 is 31.4. The Balaban J connectivity index is 1.92. The molecule has 1 aliphatic heterocycles. The minimum atomic E-state index is -0.788. The molecule has 0 aliphatic carbocycles. The van der Waals surface area contributed by atoms with Gasteiger partial charge in [0.1, 0.15) is 5.82 Å². The van der Waals surface area contributed by atoms with Gasteiger partial charge in [-0.3, -0.25) is 9.36 Å². The Bertz CT molecular complexity index is 1450. The first-order chi connectivity index (χ1) is 16.4. The number of carbonyl (C=O) groups excluding carboxylic acids is 1. The van der Waals surface area contributed by atoms with Gasteiger partial charge in [-0.05, 0) is 55.3 Å². The van der Waals surface area contributed by atoms with Crippen molar-refractivity contribution in [1.82, 2.24) is 4.57 Å². The normalized spacial score (nSPS) is 15.6. The van der Waals surface area contributed by atoms with Crippen LogP contribution in [0.15, 0.2) is 63.5 Å². The Morgan fingerprint density at radius 1 is 1.15 bits per heavy atom. The van der Waals surface area contributed by atoms with E-state index in [2.05, 4.69) is 4.99 Å². The molecule has 0 amide bonds. The molecule has 2 aromatic carbocycles. The number of nitrogens with zero attached hydrogens (tertiary/aromatic N) is 2. The van der Waals surface area contributed by atoms with Crippen molar-refractivity contribution in [2.24, 2.45) is 4.99 Å². The number of allylic oxidation sites excluding steroid dienone is 1. The molecule has 0 spiro atoms. The maximum Gasteiger partial charge on any atom is 0.338 e. The maximum absolute atomic E-state index is 13.6. The van der Waals surface area contributed by atoms with Gasteiger partial charge in [0.15, 0.2) is 16.3 Å². The topological polar surface area (TPSA) is 79.1 Å². The van der Waals surface area contributed by atoms with Crippen LogP contribution in [-0.2, 0) is 9.53 Å². The molecule has 4 rings (SSSR count). The summed E-state index contributed by atoms with van der Waals surface area (Å²) in [4.78, 5) is 31.4. The van der Waals surface area contributed by atoms with Crippen LogP contribution in [0.3, 0.4) is 0 Å². The molecular formula is C25H23FN2O5S. The second-order valence-electron chi connectivity index (χ2n) is 7.47. The number of thiazole rings is 1. The van der Waals surface area contributed by atoms with Crippen LogP contribution in [0, 0.1) is 5.82 Å². The molecule has 0 bridgehead atoms. The summed E-state index contributed by atoms with van der Waals surface area (Å²) in [6.45, 7) is 3.59. The minimum absolute atomic E-state index is 0.176. The molecule has 0 unspecified atom stereocenters. The van der Waals surface area contributed by atoms with Gasteiger partial charge in [0.05, 0.1) is 42.7 Å². The molecule has 1 atom stereocenters. The van der Waals surface area contributed by atoms with Gasteiger partial charge in [0.2, 0.25) is 0 Å². The molecular weight excluding hydrogens is 459 g/mol. The lowest BCUT2D eigenvalue weighted by molar-refractivity contribution is -0.139. The van der Waals surface area contributed by atoms with Crippen molar-refractivity contribution in [2.45, 2.75) is 19.9 Å². The average molecular weight is 483 g/mol. The number of hydrogen-bond acceptors (Lipinski definition) is 7. The lowest BCUT2D eigenvalue weighted by Crippen LogP contribution is -2.39. The van der Waals surface area contributed by atoms with E-state index in [9.17, 15) is 14.0 Å². The Hall–Kier alpha value is -3.72. The molecule has 0 N–H and O–H groups in total. The SMILES string of the molecule is CCOC(=O)C1=C(C)N=c2s/c(=C\c3ccc(OC)c(OC)c3)c(=O)n2[C@H]1c1ccc(F)cc1. The third-order valence-corrected chi connectivity index (χ3v) is 6.39. The van der Waals surface area contributed by atoms with Gasteiger partial charge in [-0.15, -0.1) is 0 Å². The zero-order valence-corrected chi connectivity index (χ0v) is 19.9. The van der Waals surface area contributed by atoms with E-state index in [1.807, 2.05) is 6.07 Å². The highest BCUT2D eigenvalue weighted by Gasteiger charge is 2.33. The van der Waals surface area contributed by atoms with E-state index < -0.39 is 17.8 Å². The summed E-state index contributed by atoms with van der Waals surface area (Å²) in [7, 11) is 3.09. The molecule has 0 saturated heterocycles. The number of aromatic nitrogens is 1. The van der Waals surface area contributed by atoms with E-state index >= 15 is 0 Å². The van der Waals surface area contributed by atoms with Crippen molar-refractivity contribution in [3.63, 3.8) is 0 Å². The number of esters is 1. The summed E-state index contributed by atoms with van der Waals surface area (Å²) in [5.41, 5.74) is 1.70. The predicted molar refractivity (Wildman–Crippen MR) is 126 cm³/mol. The van der Waals surface area contributed by atoms with Gasteiger partial charge in [0.25, 0.3) is 5.56 Å². The number of hydrogen-bond donors (Lipinski definition) is 0. The number of methoxy groups -OCH3 is 2. The lowest BCUT2D eigenvalue weighted by Gasteiger charge is -2.24. The molecule has 3 aromatic rings. The summed E-state index contributed by atoms with van der Waals surface area (Å²) in [6.07, 6.45) is 1.73. The first kappa shape index (κ1) is 23.4. The number of halogens is 1. The standard InChI is InChI=1S/C25H23FN2O5S/c1-5-33-24(30)21-14(2)27-25-28(22(21)16-7-9-17(26)10-8-16)23(29)20(34-25)13-15-6-11-18(31-3)19(12-15)32-4/h6-13,22H,5H2,1-4H3/b20-13-/t22-/m0/s1. The lowest BCUT2D eigenvalue weighted by atomic mass is 9.96. The van der Waals surface area contributed by atoms with Gasteiger partial charge in [0, 0.05) is 0 Å². The highest BCUT2D eigenvalue weighted by molar-refractivity contribution is 7.07. The molecule has 9 heteroatoms. The van der Waals surface area contributed by atoms with E-state index in [0.717, 1.165) is 5.56 Å². The number of fused-ring (bicyclic) bond motifs is 1. The minimum Gasteiger partial charge on any atom is -0.493 e. The van der Waals surface area contributed by atoms with Crippen molar-refractivity contribution in [1.29, 1.82) is 0 Å². The van der Waals surface area contributed by atoms with E-state index in [1.54, 1.807) is 51.3 Å². The van der Waals surface area contributed by atoms with Crippen LogP contribution < -0.4 is 24.4 Å². The molecule has 0 fully saturated rings. The monoisotopic (exact) mass is 482 g/mol. The van der Waals surface area contributed by atoms with Gasteiger partial charge >= 0.3 is 5.97 Å². The number of ether oxygens (including phenoxy) is 3. The molecule has 176 valence electrons. The fourth-order valence-corrected chi connectivity index (χ4v) is 4.89. The maximum atomic E-state index is 13.6. The number of rotatable bonds is 6. The average Bonchev–Trinajstić information content (AvgIpc) is 3.13. The Morgan fingerprint density at radius 2 is 1.85 bits per heavy atom. The van der Waals surface area contributed by atoms with E-state index in [4.69, 9.17) is 14.2 Å². The molecule has 2 heterocycles. The quantitative estimate of drug-likeness (QED) is 0.505. The molecule has 0 saturated carbocycles. The summed E-state index contributed by atoms with van der Waals surface area (Å²) in [5.74, 6) is 0.135. The fraction of sp³-hybridized carbons (Fsp3) is 0.240. The van der Waals surface area contributed by atoms with Crippen LogP contribution in [0.1, 0.15) is 31.0 Å². The Labute approximate surface area is 199 Å². The second kappa shape index (κ2) is 9.64. The van der Waals surface area contributed by atoms with Crippen molar-refractivity contribution in [3.8, 4) is 11.5 Å². The van der Waals surface area contributed by atoms with Crippen LogP contribution >= 0.6 is 11.3 Å². The molecule has 1 aromatic heterocycles. The largest absolute Gasteiger partial charge is 0.493 e. The smallest absolute Gasteiger partial charge is 0.338 e. The van der Waals surface area contributed by atoms with Crippen molar-refractivity contribution in [3.05, 3.63) is 90.4 Å². The van der Waals surface area contributed by atoms with Crippen LogP contribution in [0.5, 0.6) is 11.5 Å². The van der Waals surface area contributed by atoms with E-state index in [-0.39, 0.29) is 17.7 Å². The zero-order chi connectivity index (χ0) is 24.4. The van der Waals surface area contributed by atoms with Crippen LogP contribution in [-0.4, -0.2) is 31.4 Å². The second-order valence-corrected chi connectivity index (χ2v) is 8.48. The van der Waals surface area contributed by atoms with Crippen LogP contribution in [0.25, 0.3) is 6.08 Å². The molecule has 7 nitrogen and oxygen atoms in total. The summed E-state index contributed by atoms with van der Waals surface area (Å²) in [6, 6.07) is 10.3. The Morgan fingerprint density at radius 3 is 2.50 bits per heavy atom. The van der Waals surface area contributed by atoms with E-state index in [1.165, 1.54) is 35.1 Å². The summed E-state index contributed by atoms with van der Waals surface area (Å²) >= 11 is 1.21.